The molecule has 10 rings (SSSR count). The number of aryl methyl sites for hydroxylation is 2. The molecule has 0 aliphatic carbocycles. The molecule has 0 radical (unpaired) electrons. The fraction of sp³-hybridized carbons (Fsp3) is 0.388. The minimum atomic E-state index is 0.501. The predicted octanol–water partition coefficient (Wildman–Crippen LogP) is 9.02. The van der Waals surface area contributed by atoms with Gasteiger partial charge in [0.15, 0.2) is 34.3 Å². The highest BCUT2D eigenvalue weighted by Gasteiger charge is 2.14. The first-order valence-corrected chi connectivity index (χ1v) is 23.4. The Bertz CT molecular complexity index is 2700. The van der Waals surface area contributed by atoms with Gasteiger partial charge in [0.05, 0.1) is 52.1 Å². The van der Waals surface area contributed by atoms with Gasteiger partial charge >= 0.3 is 0 Å². The Morgan fingerprint density at radius 2 is 1.18 bits per heavy atom. The van der Waals surface area contributed by atoms with Crippen molar-refractivity contribution in [3.8, 4) is 23.0 Å². The summed E-state index contributed by atoms with van der Waals surface area (Å²) >= 11 is 11.4. The Kier molecular flexibility index (Phi) is 17.8. The van der Waals surface area contributed by atoms with Gasteiger partial charge in [0.25, 0.3) is 0 Å². The van der Waals surface area contributed by atoms with Crippen LogP contribution >= 0.6 is 23.2 Å². The zero-order chi connectivity index (χ0) is 47.0. The molecule has 18 heteroatoms. The van der Waals surface area contributed by atoms with E-state index in [1.165, 1.54) is 51.9 Å². The topological polar surface area (TPSA) is 168 Å². The van der Waals surface area contributed by atoms with E-state index >= 15 is 0 Å². The molecule has 7 aromatic rings. The third-order valence-electron chi connectivity index (χ3n) is 11.4. The van der Waals surface area contributed by atoms with E-state index in [9.17, 15) is 0 Å². The fourth-order valence-electron chi connectivity index (χ4n) is 7.83. The molecular weight excluding hydrogens is 892 g/mol. The molecule has 3 N–H and O–H groups in total. The highest BCUT2D eigenvalue weighted by atomic mass is 35.5. The molecule has 67 heavy (non-hydrogen) atoms. The van der Waals surface area contributed by atoms with Crippen LogP contribution in [0.1, 0.15) is 49.8 Å². The highest BCUT2D eigenvalue weighted by Crippen LogP contribution is 2.32. The summed E-state index contributed by atoms with van der Waals surface area (Å²) < 4.78 is 25.9. The Hall–Kier alpha value is -6.20. The first kappa shape index (κ1) is 48.7. The molecule has 0 spiro atoms. The van der Waals surface area contributed by atoms with E-state index in [4.69, 9.17) is 47.9 Å². The van der Waals surface area contributed by atoms with Crippen molar-refractivity contribution in [2.24, 2.45) is 19.1 Å². The molecule has 3 aliphatic heterocycles. The largest absolute Gasteiger partial charge is 0.493 e. The van der Waals surface area contributed by atoms with Crippen LogP contribution < -0.4 is 30.0 Å². The summed E-state index contributed by atoms with van der Waals surface area (Å²) in [5, 5.41) is 14.7. The molecule has 8 heterocycles. The van der Waals surface area contributed by atoms with Crippen molar-refractivity contribution in [1.29, 1.82) is 0 Å². The number of pyridine rings is 3. The van der Waals surface area contributed by atoms with Crippen molar-refractivity contribution >= 4 is 68.7 Å². The number of nitrogen functional groups attached to an aromatic ring is 1. The van der Waals surface area contributed by atoms with E-state index < -0.39 is 0 Å². The molecule has 0 unspecified atom stereocenters. The van der Waals surface area contributed by atoms with Gasteiger partial charge in [-0.15, -0.1) is 0 Å². The summed E-state index contributed by atoms with van der Waals surface area (Å²) in [5.74, 6) is 3.72. The monoisotopic (exact) mass is 950 g/mol. The van der Waals surface area contributed by atoms with Crippen LogP contribution in [0.3, 0.4) is 0 Å². The van der Waals surface area contributed by atoms with Gasteiger partial charge in [-0.05, 0) is 125 Å². The van der Waals surface area contributed by atoms with Gasteiger partial charge in [-0.1, -0.05) is 23.2 Å². The number of fused-ring (bicyclic) bond motifs is 3. The van der Waals surface area contributed by atoms with Gasteiger partial charge in [0.2, 0.25) is 0 Å². The number of benzene rings is 2. The summed E-state index contributed by atoms with van der Waals surface area (Å²) in [5.41, 5.74) is 11.1. The Morgan fingerprint density at radius 3 is 1.81 bits per heavy atom. The maximum Gasteiger partial charge on any atom is 0.163 e. The third-order valence-corrected chi connectivity index (χ3v) is 11.8. The van der Waals surface area contributed by atoms with Gasteiger partial charge < -0.3 is 39.8 Å². The van der Waals surface area contributed by atoms with Crippen LogP contribution in [0.5, 0.6) is 23.0 Å². The molecule has 5 aromatic heterocycles. The van der Waals surface area contributed by atoms with Gasteiger partial charge in [0.1, 0.15) is 16.1 Å². The van der Waals surface area contributed by atoms with Crippen molar-refractivity contribution in [2.75, 3.05) is 77.8 Å². The number of nitrogens with one attached hydrogen (secondary N) is 1. The number of methoxy groups -OCH3 is 2. The van der Waals surface area contributed by atoms with Crippen LogP contribution in [-0.2, 0) is 20.6 Å². The number of hydrogen-bond donors (Lipinski definition) is 2. The second-order valence-electron chi connectivity index (χ2n) is 16.2. The van der Waals surface area contributed by atoms with Gasteiger partial charge in [0, 0.05) is 73.2 Å². The number of nitrogens with two attached hydrogens (primary N) is 1. The van der Waals surface area contributed by atoms with Gasteiger partial charge in [-0.2, -0.15) is 10.2 Å². The number of likely N-dealkylation sites (tertiary alicyclic amines) is 2. The number of hydrogen-bond acceptors (Lipinski definition) is 14. The fourth-order valence-corrected chi connectivity index (χ4v) is 8.13. The zero-order valence-corrected chi connectivity index (χ0v) is 40.2. The molecule has 2 fully saturated rings. The van der Waals surface area contributed by atoms with E-state index in [0.717, 1.165) is 93.8 Å². The molecule has 3 aliphatic rings. The molecule has 0 saturated carbocycles. The highest BCUT2D eigenvalue weighted by molar-refractivity contribution is 6.30. The normalized spacial score (nSPS) is 14.1. The summed E-state index contributed by atoms with van der Waals surface area (Å²) in [6, 6.07) is 22.6. The summed E-state index contributed by atoms with van der Waals surface area (Å²) in [6.45, 7) is 9.18. The average Bonchev–Trinajstić information content (AvgIpc) is 4.22. The van der Waals surface area contributed by atoms with E-state index in [1.807, 2.05) is 87.2 Å². The summed E-state index contributed by atoms with van der Waals surface area (Å²) in [6.07, 6.45) is 12.8. The number of anilines is 3. The van der Waals surface area contributed by atoms with Crippen LogP contribution in [0.25, 0.3) is 22.1 Å². The number of ether oxygens (including phenoxy) is 4. The molecular formula is C49H60Cl2N12O4. The zero-order valence-electron chi connectivity index (χ0n) is 38.7. The van der Waals surface area contributed by atoms with E-state index in [-0.39, 0.29) is 0 Å². The van der Waals surface area contributed by atoms with Crippen molar-refractivity contribution in [2.45, 2.75) is 45.1 Å². The molecule has 0 amide bonds. The molecule has 0 atom stereocenters. The summed E-state index contributed by atoms with van der Waals surface area (Å²) in [7, 11) is 7.03. The lowest BCUT2D eigenvalue weighted by molar-refractivity contribution is 0.254. The maximum absolute atomic E-state index is 6.02. The number of rotatable bonds is 14. The van der Waals surface area contributed by atoms with Crippen molar-refractivity contribution < 1.29 is 18.9 Å². The second-order valence-corrected chi connectivity index (χ2v) is 17.0. The lowest BCUT2D eigenvalue weighted by Gasteiger charge is -2.16. The Morgan fingerprint density at radius 1 is 0.627 bits per heavy atom. The van der Waals surface area contributed by atoms with E-state index in [0.29, 0.717) is 35.8 Å². The average molecular weight is 952 g/mol. The number of nitrogens with zero attached hydrogens (tertiary/aromatic N) is 10. The maximum atomic E-state index is 6.02. The second kappa shape index (κ2) is 24.5. The number of aromatic nitrogens is 7. The minimum Gasteiger partial charge on any atom is -0.493 e. The standard InChI is InChI=1S/C21H27N5O2.C14H22N2O2.C7H6ClN3.C7H5ClN2/c1-25-21-16(15-22-25)6-9-20(24-21)23-17-7-8-18(27-2)19(14-17)28-13-5-12-26-10-3-4-11-26;1-17-13-6-5-12(15)11-14(13)18-10-4-9-16-7-2-3-8-16;1-11-7-5(4-9-11)2-3-6(8)10-7;8-7-2-1-5-3-9-4-6(5)10-7/h6-9,14-15H,3-5,10-13H2,1-2H3,(H,23,24);5-6,11H,2-4,7-10,15H2,1H3;2-4H,1H3;1-3H,4H2. The Labute approximate surface area is 402 Å². The SMILES string of the molecule is COc1ccc(N)cc1OCCCN1CCCC1.COc1ccc(Nc2ccc3cnn(C)c3n2)cc1OCCCN1CCCC1.Clc1ccc2c(n1)CN=C2.Cn1ncc2ccc(Cl)nc21. The minimum absolute atomic E-state index is 0.501. The molecule has 16 nitrogen and oxygen atoms in total. The predicted molar refractivity (Wildman–Crippen MR) is 268 cm³/mol. The van der Waals surface area contributed by atoms with Crippen LogP contribution in [0.4, 0.5) is 17.2 Å². The van der Waals surface area contributed by atoms with Crippen LogP contribution in [0, 0.1) is 0 Å². The van der Waals surface area contributed by atoms with Crippen LogP contribution in [0.15, 0.2) is 90.2 Å². The van der Waals surface area contributed by atoms with Crippen molar-refractivity contribution in [3.63, 3.8) is 0 Å². The molecule has 0 bridgehead atoms. The third kappa shape index (κ3) is 14.2. The van der Waals surface area contributed by atoms with E-state index in [2.05, 4.69) is 45.3 Å². The number of halogens is 2. The smallest absolute Gasteiger partial charge is 0.163 e. The van der Waals surface area contributed by atoms with Gasteiger partial charge in [-0.25, -0.2) is 15.0 Å². The van der Waals surface area contributed by atoms with E-state index in [1.54, 1.807) is 41.9 Å². The Balaban J connectivity index is 0.000000145. The van der Waals surface area contributed by atoms with Crippen LogP contribution in [-0.4, -0.2) is 117 Å². The lowest BCUT2D eigenvalue weighted by Crippen LogP contribution is -2.21. The first-order chi connectivity index (χ1) is 32.6. The van der Waals surface area contributed by atoms with Crippen molar-refractivity contribution in [3.05, 3.63) is 107 Å². The first-order valence-electron chi connectivity index (χ1n) is 22.6. The van der Waals surface area contributed by atoms with Gasteiger partial charge in [-0.3, -0.25) is 14.4 Å². The molecule has 354 valence electrons. The van der Waals surface area contributed by atoms with Crippen molar-refractivity contribution in [1.82, 2.24) is 44.3 Å². The lowest BCUT2D eigenvalue weighted by atomic mass is 10.2. The molecule has 2 aromatic carbocycles. The quantitative estimate of drug-likeness (QED) is 0.0603. The number of aliphatic imine (C=N–C) groups is 1. The summed E-state index contributed by atoms with van der Waals surface area (Å²) in [4.78, 5) is 21.9. The van der Waals surface area contributed by atoms with Crippen LogP contribution in [0.2, 0.25) is 10.3 Å². The molecule has 2 saturated heterocycles.